The quantitative estimate of drug-likeness (QED) is 0.163. The highest BCUT2D eigenvalue weighted by atomic mass is 14.5. The van der Waals surface area contributed by atoms with Gasteiger partial charge in [0.15, 0.2) is 0 Å². The normalized spacial score (nSPS) is 12.9. The molecule has 0 bridgehead atoms. The Bertz CT molecular complexity index is 2620. The number of benzene rings is 9. The molecule has 0 amide bonds. The molecular formula is C51H34. The minimum atomic E-state index is -0.414. The summed E-state index contributed by atoms with van der Waals surface area (Å²) < 4.78 is 0. The standard InChI is InChI=1S/C51H34/c1-3-16-36(17-4-1)49-43-24-7-9-26-45(43)50(46-27-10-8-25-44(46)49)37-32-30-35(31-33-37)38-18-15-21-40(34-38)51(39-19-5-2-6-20-39)47-28-13-11-22-41(47)42-23-12-14-29-48(42)51/h1-34H. The summed E-state index contributed by atoms with van der Waals surface area (Å²) in [7, 11) is 0. The summed E-state index contributed by atoms with van der Waals surface area (Å²) in [5, 5.41) is 5.09. The molecule has 0 heterocycles. The molecule has 1 aliphatic rings. The molecule has 51 heavy (non-hydrogen) atoms. The maximum absolute atomic E-state index is 2.42. The lowest BCUT2D eigenvalue weighted by molar-refractivity contribution is 0.769. The first kappa shape index (κ1) is 29.4. The van der Waals surface area contributed by atoms with Gasteiger partial charge in [0.25, 0.3) is 0 Å². The molecular weight excluding hydrogens is 613 g/mol. The van der Waals surface area contributed by atoms with Gasteiger partial charge in [-0.2, -0.15) is 0 Å². The predicted octanol–water partition coefficient (Wildman–Crippen LogP) is 13.4. The predicted molar refractivity (Wildman–Crippen MR) is 215 cm³/mol. The Balaban J connectivity index is 1.14. The van der Waals surface area contributed by atoms with Crippen molar-refractivity contribution in [3.63, 3.8) is 0 Å². The Hall–Kier alpha value is -6.50. The summed E-state index contributed by atoms with van der Waals surface area (Å²) in [5.74, 6) is 0. The van der Waals surface area contributed by atoms with Gasteiger partial charge in [0, 0.05) is 0 Å². The van der Waals surface area contributed by atoms with E-state index < -0.39 is 5.41 Å². The molecule has 0 atom stereocenters. The first-order chi connectivity index (χ1) is 25.3. The van der Waals surface area contributed by atoms with Crippen LogP contribution in [0.2, 0.25) is 0 Å². The second-order valence-electron chi connectivity index (χ2n) is 13.6. The van der Waals surface area contributed by atoms with Gasteiger partial charge in [0.2, 0.25) is 0 Å². The molecule has 0 saturated heterocycles. The molecule has 0 nitrogen and oxygen atoms in total. The average Bonchev–Trinajstić information content (AvgIpc) is 3.52. The van der Waals surface area contributed by atoms with Crippen molar-refractivity contribution in [2.75, 3.05) is 0 Å². The van der Waals surface area contributed by atoms with Crippen molar-refractivity contribution in [3.8, 4) is 44.5 Å². The molecule has 9 aromatic rings. The highest BCUT2D eigenvalue weighted by molar-refractivity contribution is 6.21. The lowest BCUT2D eigenvalue weighted by Gasteiger charge is -2.34. The van der Waals surface area contributed by atoms with Crippen LogP contribution in [0.3, 0.4) is 0 Å². The minimum Gasteiger partial charge on any atom is -0.0622 e. The zero-order valence-electron chi connectivity index (χ0n) is 28.1. The van der Waals surface area contributed by atoms with E-state index in [1.165, 1.54) is 88.3 Å². The van der Waals surface area contributed by atoms with E-state index in [2.05, 4.69) is 206 Å². The van der Waals surface area contributed by atoms with E-state index in [0.717, 1.165) is 0 Å². The average molecular weight is 647 g/mol. The van der Waals surface area contributed by atoms with Crippen LogP contribution in [0, 0.1) is 0 Å². The summed E-state index contributed by atoms with van der Waals surface area (Å²) in [6.07, 6.45) is 0. The lowest BCUT2D eigenvalue weighted by Crippen LogP contribution is -2.28. The monoisotopic (exact) mass is 646 g/mol. The van der Waals surface area contributed by atoms with Crippen molar-refractivity contribution < 1.29 is 0 Å². The van der Waals surface area contributed by atoms with Crippen molar-refractivity contribution in [1.29, 1.82) is 0 Å². The van der Waals surface area contributed by atoms with Crippen LogP contribution in [-0.2, 0) is 5.41 Å². The second kappa shape index (κ2) is 11.8. The summed E-state index contributed by atoms with van der Waals surface area (Å²) in [6.45, 7) is 0. The summed E-state index contributed by atoms with van der Waals surface area (Å²) in [4.78, 5) is 0. The summed E-state index contributed by atoms with van der Waals surface area (Å²) in [6, 6.07) is 75.9. The Kier molecular flexibility index (Phi) is 6.82. The van der Waals surface area contributed by atoms with Crippen LogP contribution >= 0.6 is 0 Å². The Morgan fingerprint density at radius 3 is 1.20 bits per heavy atom. The van der Waals surface area contributed by atoms with E-state index in [4.69, 9.17) is 0 Å². The van der Waals surface area contributed by atoms with E-state index in [0.29, 0.717) is 0 Å². The van der Waals surface area contributed by atoms with Gasteiger partial charge < -0.3 is 0 Å². The van der Waals surface area contributed by atoms with Gasteiger partial charge in [-0.25, -0.2) is 0 Å². The molecule has 10 rings (SSSR count). The zero-order valence-corrected chi connectivity index (χ0v) is 28.1. The maximum Gasteiger partial charge on any atom is 0.0713 e. The molecule has 0 saturated carbocycles. The second-order valence-corrected chi connectivity index (χ2v) is 13.6. The first-order valence-electron chi connectivity index (χ1n) is 17.8. The molecule has 1 aliphatic carbocycles. The molecule has 0 radical (unpaired) electrons. The van der Waals surface area contributed by atoms with Crippen LogP contribution < -0.4 is 0 Å². The third-order valence-corrected chi connectivity index (χ3v) is 11.0. The van der Waals surface area contributed by atoms with Gasteiger partial charge in [0.05, 0.1) is 5.41 Å². The van der Waals surface area contributed by atoms with Crippen molar-refractivity contribution in [2.24, 2.45) is 0 Å². The van der Waals surface area contributed by atoms with Gasteiger partial charge in [0.1, 0.15) is 0 Å². The van der Waals surface area contributed by atoms with Crippen molar-refractivity contribution in [3.05, 3.63) is 229 Å². The SMILES string of the molecule is c1ccc(-c2c3ccccc3c(-c3ccc(-c4cccc(C5(c6ccccc6)c6ccccc6-c6ccccc65)c4)cc3)c3ccccc23)cc1. The summed E-state index contributed by atoms with van der Waals surface area (Å²) >= 11 is 0. The van der Waals surface area contributed by atoms with Gasteiger partial charge in [-0.3, -0.25) is 0 Å². The molecule has 0 unspecified atom stereocenters. The molecule has 0 spiro atoms. The number of hydrogen-bond acceptors (Lipinski definition) is 0. The summed E-state index contributed by atoms with van der Waals surface area (Å²) in [5.41, 5.74) is 14.9. The molecule has 0 fully saturated rings. The number of rotatable bonds is 5. The van der Waals surface area contributed by atoms with Crippen molar-refractivity contribution in [2.45, 2.75) is 5.41 Å². The molecule has 0 aliphatic heterocycles. The van der Waals surface area contributed by atoms with Crippen LogP contribution in [-0.4, -0.2) is 0 Å². The van der Waals surface area contributed by atoms with Crippen LogP contribution in [0.25, 0.3) is 66.1 Å². The molecule has 0 aromatic heterocycles. The van der Waals surface area contributed by atoms with E-state index in [1.54, 1.807) is 0 Å². The Morgan fingerprint density at radius 2 is 0.647 bits per heavy atom. The molecule has 0 heteroatoms. The van der Waals surface area contributed by atoms with E-state index in [-0.39, 0.29) is 0 Å². The van der Waals surface area contributed by atoms with Crippen molar-refractivity contribution in [1.82, 2.24) is 0 Å². The number of fused-ring (bicyclic) bond motifs is 5. The molecule has 238 valence electrons. The van der Waals surface area contributed by atoms with Crippen LogP contribution in [0.15, 0.2) is 206 Å². The van der Waals surface area contributed by atoms with Crippen LogP contribution in [0.5, 0.6) is 0 Å². The third kappa shape index (κ3) is 4.47. The molecule has 0 N–H and O–H groups in total. The fourth-order valence-corrected chi connectivity index (χ4v) is 8.83. The minimum absolute atomic E-state index is 0.414. The fourth-order valence-electron chi connectivity index (χ4n) is 8.83. The topological polar surface area (TPSA) is 0 Å². The van der Waals surface area contributed by atoms with Gasteiger partial charge in [-0.1, -0.05) is 200 Å². The van der Waals surface area contributed by atoms with Gasteiger partial charge in [-0.05, 0) is 94.4 Å². The van der Waals surface area contributed by atoms with Gasteiger partial charge in [-0.15, -0.1) is 0 Å². The van der Waals surface area contributed by atoms with Crippen LogP contribution in [0.4, 0.5) is 0 Å². The zero-order chi connectivity index (χ0) is 33.8. The third-order valence-electron chi connectivity index (χ3n) is 11.0. The van der Waals surface area contributed by atoms with Gasteiger partial charge >= 0.3 is 0 Å². The van der Waals surface area contributed by atoms with Crippen molar-refractivity contribution >= 4 is 21.5 Å². The van der Waals surface area contributed by atoms with E-state index >= 15 is 0 Å². The van der Waals surface area contributed by atoms with E-state index in [1.807, 2.05) is 0 Å². The Morgan fingerprint density at radius 1 is 0.255 bits per heavy atom. The molecule has 9 aromatic carbocycles. The Labute approximate surface area is 298 Å². The largest absolute Gasteiger partial charge is 0.0713 e. The van der Waals surface area contributed by atoms with E-state index in [9.17, 15) is 0 Å². The highest BCUT2D eigenvalue weighted by Gasteiger charge is 2.45. The first-order valence-corrected chi connectivity index (χ1v) is 17.8. The smallest absolute Gasteiger partial charge is 0.0622 e. The number of hydrogen-bond donors (Lipinski definition) is 0. The maximum atomic E-state index is 2.42. The van der Waals surface area contributed by atoms with Crippen LogP contribution in [0.1, 0.15) is 22.3 Å². The fraction of sp³-hybridized carbons (Fsp3) is 0.0196. The highest BCUT2D eigenvalue weighted by Crippen LogP contribution is 2.56. The lowest BCUT2D eigenvalue weighted by atomic mass is 9.67.